The Balaban J connectivity index is 2.38. The highest BCUT2D eigenvalue weighted by atomic mass is 16.5. The van der Waals surface area contributed by atoms with Crippen LogP contribution in [0.1, 0.15) is 34.9 Å². The molecular formula is C14H14N2O2. The van der Waals surface area contributed by atoms with E-state index >= 15 is 0 Å². The summed E-state index contributed by atoms with van der Waals surface area (Å²) in [5.74, 6) is 0.507. The van der Waals surface area contributed by atoms with E-state index in [0.717, 1.165) is 5.56 Å². The van der Waals surface area contributed by atoms with Gasteiger partial charge in [0.15, 0.2) is 12.1 Å². The number of carbonyl (C=O) groups excluding carboxylic acids is 1. The summed E-state index contributed by atoms with van der Waals surface area (Å²) >= 11 is 0. The lowest BCUT2D eigenvalue weighted by atomic mass is 10.1. The van der Waals surface area contributed by atoms with Crippen molar-refractivity contribution in [2.24, 2.45) is 0 Å². The molecule has 2 rings (SSSR count). The molecule has 0 saturated heterocycles. The zero-order valence-corrected chi connectivity index (χ0v) is 10.1. The summed E-state index contributed by atoms with van der Waals surface area (Å²) in [4.78, 5) is 19.1. The zero-order valence-electron chi connectivity index (χ0n) is 10.1. The number of aromatic nitrogens is 2. The van der Waals surface area contributed by atoms with Gasteiger partial charge >= 0.3 is 0 Å². The van der Waals surface area contributed by atoms with Gasteiger partial charge in [-0.3, -0.25) is 4.79 Å². The number of ether oxygens (including phenoxy) is 1. The molecule has 2 aromatic rings. The van der Waals surface area contributed by atoms with E-state index < -0.39 is 0 Å². The van der Waals surface area contributed by atoms with Gasteiger partial charge in [0.1, 0.15) is 11.8 Å². The molecule has 0 saturated carbocycles. The SMILES string of the molecule is CCOC(c1ccccc1)c1nccc(C=O)n1. The predicted octanol–water partition coefficient (Wildman–Crippen LogP) is 2.42. The Morgan fingerprint density at radius 1 is 1.28 bits per heavy atom. The Morgan fingerprint density at radius 2 is 2.06 bits per heavy atom. The minimum atomic E-state index is -0.337. The molecule has 92 valence electrons. The largest absolute Gasteiger partial charge is 0.366 e. The maximum absolute atomic E-state index is 10.7. The van der Waals surface area contributed by atoms with Gasteiger partial charge < -0.3 is 4.74 Å². The molecule has 0 radical (unpaired) electrons. The standard InChI is InChI=1S/C14H14N2O2/c1-2-18-13(11-6-4-3-5-7-11)14-15-9-8-12(10-17)16-14/h3-10,13H,2H2,1H3. The number of benzene rings is 1. The Bertz CT molecular complexity index is 514. The van der Waals surface area contributed by atoms with E-state index in [1.54, 1.807) is 12.3 Å². The van der Waals surface area contributed by atoms with Crippen molar-refractivity contribution in [3.63, 3.8) is 0 Å². The van der Waals surface area contributed by atoms with Crippen molar-refractivity contribution in [1.82, 2.24) is 9.97 Å². The topological polar surface area (TPSA) is 52.1 Å². The molecule has 0 spiro atoms. The van der Waals surface area contributed by atoms with Crippen LogP contribution in [0.2, 0.25) is 0 Å². The van der Waals surface area contributed by atoms with Crippen LogP contribution in [0.15, 0.2) is 42.6 Å². The van der Waals surface area contributed by atoms with Gasteiger partial charge in [0.2, 0.25) is 0 Å². The number of aldehydes is 1. The molecule has 4 nitrogen and oxygen atoms in total. The minimum absolute atomic E-state index is 0.337. The highest BCUT2D eigenvalue weighted by Gasteiger charge is 2.17. The highest BCUT2D eigenvalue weighted by molar-refractivity contribution is 5.71. The van der Waals surface area contributed by atoms with Crippen LogP contribution in [-0.4, -0.2) is 22.9 Å². The van der Waals surface area contributed by atoms with Crippen molar-refractivity contribution in [2.45, 2.75) is 13.0 Å². The molecule has 1 aromatic carbocycles. The minimum Gasteiger partial charge on any atom is -0.366 e. The van der Waals surface area contributed by atoms with E-state index in [2.05, 4.69) is 9.97 Å². The third-order valence-corrected chi connectivity index (χ3v) is 2.49. The zero-order chi connectivity index (χ0) is 12.8. The summed E-state index contributed by atoms with van der Waals surface area (Å²) in [6.07, 6.45) is 1.94. The molecule has 1 aromatic heterocycles. The molecule has 0 fully saturated rings. The van der Waals surface area contributed by atoms with E-state index in [1.807, 2.05) is 37.3 Å². The molecule has 1 heterocycles. The number of hydrogen-bond acceptors (Lipinski definition) is 4. The van der Waals surface area contributed by atoms with Crippen molar-refractivity contribution < 1.29 is 9.53 Å². The first-order chi connectivity index (χ1) is 8.85. The van der Waals surface area contributed by atoms with E-state index in [-0.39, 0.29) is 6.10 Å². The van der Waals surface area contributed by atoms with Crippen LogP contribution in [0.3, 0.4) is 0 Å². The average Bonchev–Trinajstić information content (AvgIpc) is 2.46. The fraction of sp³-hybridized carbons (Fsp3) is 0.214. The Hall–Kier alpha value is -2.07. The van der Waals surface area contributed by atoms with Gasteiger partial charge in [0.05, 0.1) is 0 Å². The molecule has 1 atom stereocenters. The van der Waals surface area contributed by atoms with Crippen LogP contribution >= 0.6 is 0 Å². The lowest BCUT2D eigenvalue weighted by Crippen LogP contribution is -2.11. The lowest BCUT2D eigenvalue weighted by Gasteiger charge is -2.16. The van der Waals surface area contributed by atoms with Gasteiger partial charge in [-0.2, -0.15) is 0 Å². The van der Waals surface area contributed by atoms with Crippen molar-refractivity contribution in [3.8, 4) is 0 Å². The van der Waals surface area contributed by atoms with Crippen LogP contribution < -0.4 is 0 Å². The summed E-state index contributed by atoms with van der Waals surface area (Å²) in [6.45, 7) is 2.47. The van der Waals surface area contributed by atoms with Gasteiger partial charge in [-0.15, -0.1) is 0 Å². The summed E-state index contributed by atoms with van der Waals surface area (Å²) in [7, 11) is 0. The molecular weight excluding hydrogens is 228 g/mol. The molecule has 0 aliphatic carbocycles. The normalized spacial score (nSPS) is 12.1. The second-order valence-corrected chi connectivity index (χ2v) is 3.70. The monoisotopic (exact) mass is 242 g/mol. The molecule has 18 heavy (non-hydrogen) atoms. The first-order valence-electron chi connectivity index (χ1n) is 5.79. The van der Waals surface area contributed by atoms with Gasteiger partial charge in [-0.25, -0.2) is 9.97 Å². The Labute approximate surface area is 106 Å². The fourth-order valence-corrected chi connectivity index (χ4v) is 1.69. The highest BCUT2D eigenvalue weighted by Crippen LogP contribution is 2.22. The molecule has 0 N–H and O–H groups in total. The van der Waals surface area contributed by atoms with Gasteiger partial charge in [-0.1, -0.05) is 30.3 Å². The van der Waals surface area contributed by atoms with Crippen LogP contribution in [0, 0.1) is 0 Å². The van der Waals surface area contributed by atoms with Gasteiger partial charge in [-0.05, 0) is 18.6 Å². The third kappa shape index (κ3) is 2.78. The molecule has 0 amide bonds. The first-order valence-corrected chi connectivity index (χ1v) is 5.79. The molecule has 4 heteroatoms. The molecule has 0 aliphatic heterocycles. The molecule has 0 bridgehead atoms. The van der Waals surface area contributed by atoms with E-state index in [0.29, 0.717) is 24.4 Å². The van der Waals surface area contributed by atoms with Crippen molar-refractivity contribution in [1.29, 1.82) is 0 Å². The van der Waals surface area contributed by atoms with Crippen molar-refractivity contribution >= 4 is 6.29 Å². The summed E-state index contributed by atoms with van der Waals surface area (Å²) in [5, 5.41) is 0. The van der Waals surface area contributed by atoms with E-state index in [9.17, 15) is 4.79 Å². The Kier molecular flexibility index (Phi) is 4.15. The second kappa shape index (κ2) is 6.02. The average molecular weight is 242 g/mol. The predicted molar refractivity (Wildman–Crippen MR) is 67.3 cm³/mol. The maximum Gasteiger partial charge on any atom is 0.168 e. The fourth-order valence-electron chi connectivity index (χ4n) is 1.69. The van der Waals surface area contributed by atoms with Crippen molar-refractivity contribution in [2.75, 3.05) is 6.61 Å². The lowest BCUT2D eigenvalue weighted by molar-refractivity contribution is 0.0848. The van der Waals surface area contributed by atoms with Crippen LogP contribution in [-0.2, 0) is 4.74 Å². The quantitative estimate of drug-likeness (QED) is 0.755. The molecule has 1 unspecified atom stereocenters. The number of nitrogens with zero attached hydrogens (tertiary/aromatic N) is 2. The van der Waals surface area contributed by atoms with Crippen LogP contribution in [0.5, 0.6) is 0 Å². The number of hydrogen-bond donors (Lipinski definition) is 0. The van der Waals surface area contributed by atoms with Gasteiger partial charge in [0.25, 0.3) is 0 Å². The number of rotatable bonds is 5. The molecule has 0 aliphatic rings. The van der Waals surface area contributed by atoms with Crippen LogP contribution in [0.4, 0.5) is 0 Å². The first kappa shape index (κ1) is 12.4. The Morgan fingerprint density at radius 3 is 2.72 bits per heavy atom. The second-order valence-electron chi connectivity index (χ2n) is 3.70. The van der Waals surface area contributed by atoms with Crippen molar-refractivity contribution in [3.05, 3.63) is 59.7 Å². The van der Waals surface area contributed by atoms with E-state index in [1.165, 1.54) is 0 Å². The third-order valence-electron chi connectivity index (χ3n) is 2.49. The summed E-state index contributed by atoms with van der Waals surface area (Å²) < 4.78 is 5.67. The summed E-state index contributed by atoms with van der Waals surface area (Å²) in [5.41, 5.74) is 1.34. The van der Waals surface area contributed by atoms with Crippen LogP contribution in [0.25, 0.3) is 0 Å². The van der Waals surface area contributed by atoms with Gasteiger partial charge in [0, 0.05) is 12.8 Å². The van der Waals surface area contributed by atoms with E-state index in [4.69, 9.17) is 4.74 Å². The smallest absolute Gasteiger partial charge is 0.168 e. The summed E-state index contributed by atoms with van der Waals surface area (Å²) in [6, 6.07) is 11.3. The number of carbonyl (C=O) groups is 1. The maximum atomic E-state index is 10.7.